The summed E-state index contributed by atoms with van der Waals surface area (Å²) in [6.45, 7) is 0.408. The maximum atomic E-state index is 13.4. The van der Waals surface area contributed by atoms with E-state index in [0.29, 0.717) is 34.7 Å². The van der Waals surface area contributed by atoms with Gasteiger partial charge < -0.3 is 21.0 Å². The smallest absolute Gasteiger partial charge is 0.255 e. The van der Waals surface area contributed by atoms with E-state index in [-0.39, 0.29) is 28.8 Å². The van der Waals surface area contributed by atoms with Crippen molar-refractivity contribution in [3.63, 3.8) is 0 Å². The maximum Gasteiger partial charge on any atom is 0.255 e. The van der Waals surface area contributed by atoms with Crippen molar-refractivity contribution in [2.75, 3.05) is 12.3 Å². The van der Waals surface area contributed by atoms with Crippen molar-refractivity contribution in [3.8, 4) is 11.1 Å². The largest absolute Gasteiger partial charge is 0.385 e. The third-order valence-electron chi connectivity index (χ3n) is 6.08. The number of H-pyrrole nitrogens is 2. The molecule has 36 heavy (non-hydrogen) atoms. The highest BCUT2D eigenvalue weighted by Crippen LogP contribution is 2.34. The van der Waals surface area contributed by atoms with E-state index in [2.05, 4.69) is 31.2 Å². The highest BCUT2D eigenvalue weighted by atomic mass is 79.9. The van der Waals surface area contributed by atoms with E-state index in [1.54, 1.807) is 24.3 Å². The predicted molar refractivity (Wildman–Crippen MR) is 148 cm³/mol. The number of fused-ring (bicyclic) bond motifs is 1. The second-order valence-corrected chi connectivity index (χ2v) is 9.72. The van der Waals surface area contributed by atoms with Gasteiger partial charge in [0.2, 0.25) is 5.78 Å². The first-order valence-corrected chi connectivity index (χ1v) is 12.5. The summed E-state index contributed by atoms with van der Waals surface area (Å²) in [6.07, 6.45) is 2.60. The topological polar surface area (TPSA) is 104 Å². The Morgan fingerprint density at radius 2 is 1.69 bits per heavy atom. The van der Waals surface area contributed by atoms with Gasteiger partial charge in [-0.1, -0.05) is 57.9 Å². The Kier molecular flexibility index (Phi) is 6.67. The summed E-state index contributed by atoms with van der Waals surface area (Å²) in [5.41, 5.74) is 10.5. The average Bonchev–Trinajstić information content (AvgIpc) is 3.45. The quantitative estimate of drug-likeness (QED) is 0.174. The van der Waals surface area contributed by atoms with Crippen LogP contribution in [0.5, 0.6) is 0 Å². The van der Waals surface area contributed by atoms with Gasteiger partial charge in [0.1, 0.15) is 5.82 Å². The first kappa shape index (κ1) is 23.9. The molecule has 0 aliphatic heterocycles. The summed E-state index contributed by atoms with van der Waals surface area (Å²) >= 11 is 9.43. The first-order valence-electron chi connectivity index (χ1n) is 11.3. The molecule has 0 fully saturated rings. The number of nitrogens with one attached hydrogen (secondary N) is 3. The Balaban J connectivity index is 1.46. The summed E-state index contributed by atoms with van der Waals surface area (Å²) in [7, 11) is 0. The number of carbonyl (C=O) groups excluding carboxylic acids is 2. The molecule has 0 aliphatic rings. The summed E-state index contributed by atoms with van der Waals surface area (Å²) in [6, 6.07) is 22.0. The van der Waals surface area contributed by atoms with Gasteiger partial charge in [0.15, 0.2) is 0 Å². The van der Waals surface area contributed by atoms with E-state index in [4.69, 9.17) is 17.3 Å². The zero-order chi connectivity index (χ0) is 25.2. The van der Waals surface area contributed by atoms with Gasteiger partial charge in [0, 0.05) is 44.3 Å². The highest BCUT2D eigenvalue weighted by Gasteiger charge is 2.27. The number of hydrogen-bond donors (Lipinski definition) is 4. The summed E-state index contributed by atoms with van der Waals surface area (Å²) in [5, 5.41) is 4.63. The number of rotatable bonds is 7. The van der Waals surface area contributed by atoms with Crippen molar-refractivity contribution in [2.24, 2.45) is 0 Å². The third-order valence-corrected chi connectivity index (χ3v) is 6.86. The Bertz CT molecular complexity index is 1570. The number of aromatic amines is 2. The number of halogens is 2. The van der Waals surface area contributed by atoms with Gasteiger partial charge >= 0.3 is 0 Å². The van der Waals surface area contributed by atoms with Crippen LogP contribution < -0.4 is 11.1 Å². The SMILES string of the molecule is Nc1[nH]c(C(=O)c2ccc(Cl)cc2)c(-c2ccc(Br)cc2)c1C(=O)NCCc1c[nH]c2ccccc12. The Labute approximate surface area is 221 Å². The molecule has 180 valence electrons. The summed E-state index contributed by atoms with van der Waals surface area (Å²) in [5.74, 6) is -0.499. The number of amides is 1. The molecule has 0 radical (unpaired) electrons. The number of ketones is 1. The van der Waals surface area contributed by atoms with Crippen LogP contribution in [0.2, 0.25) is 5.02 Å². The Morgan fingerprint density at radius 3 is 2.44 bits per heavy atom. The van der Waals surface area contributed by atoms with Crippen molar-refractivity contribution < 1.29 is 9.59 Å². The van der Waals surface area contributed by atoms with E-state index in [1.807, 2.05) is 54.7 Å². The standard InChI is InChI=1S/C28H22BrClN4O2/c29-19-9-5-16(6-10-19)23-24(27(31)34-25(23)26(35)17-7-11-20(30)12-8-17)28(36)32-14-13-18-15-33-22-4-2-1-3-21(18)22/h1-12,15,33-34H,13-14,31H2,(H,32,36). The monoisotopic (exact) mass is 560 g/mol. The number of nitrogens with two attached hydrogens (primary N) is 1. The van der Waals surface area contributed by atoms with Crippen LogP contribution in [0.3, 0.4) is 0 Å². The van der Waals surface area contributed by atoms with Gasteiger partial charge in [0.05, 0.1) is 11.3 Å². The van der Waals surface area contributed by atoms with Crippen molar-refractivity contribution in [2.45, 2.75) is 6.42 Å². The maximum absolute atomic E-state index is 13.4. The van der Waals surface area contributed by atoms with Gasteiger partial charge in [-0.3, -0.25) is 9.59 Å². The highest BCUT2D eigenvalue weighted by molar-refractivity contribution is 9.10. The van der Waals surface area contributed by atoms with Crippen LogP contribution in [0.1, 0.15) is 32.0 Å². The van der Waals surface area contributed by atoms with E-state index in [9.17, 15) is 9.59 Å². The van der Waals surface area contributed by atoms with Crippen LogP contribution in [0.15, 0.2) is 83.5 Å². The summed E-state index contributed by atoms with van der Waals surface area (Å²) in [4.78, 5) is 33.0. The van der Waals surface area contributed by atoms with Crippen molar-refractivity contribution in [3.05, 3.63) is 111 Å². The van der Waals surface area contributed by atoms with Crippen LogP contribution in [-0.2, 0) is 6.42 Å². The fourth-order valence-corrected chi connectivity index (χ4v) is 4.70. The van der Waals surface area contributed by atoms with Gasteiger partial charge in [-0.05, 0) is 60.0 Å². The number of hydrogen-bond acceptors (Lipinski definition) is 3. The molecular weight excluding hydrogens is 540 g/mol. The lowest BCUT2D eigenvalue weighted by atomic mass is 9.96. The minimum Gasteiger partial charge on any atom is -0.385 e. The zero-order valence-electron chi connectivity index (χ0n) is 19.1. The van der Waals surface area contributed by atoms with Crippen molar-refractivity contribution in [1.29, 1.82) is 0 Å². The van der Waals surface area contributed by atoms with Crippen molar-refractivity contribution >= 4 is 55.9 Å². The molecule has 5 N–H and O–H groups in total. The molecule has 0 saturated carbocycles. The number of para-hydroxylation sites is 1. The Hall–Kier alpha value is -3.81. The molecule has 0 atom stereocenters. The van der Waals surface area contributed by atoms with E-state index < -0.39 is 0 Å². The molecule has 3 aromatic carbocycles. The van der Waals surface area contributed by atoms with Gasteiger partial charge in [-0.15, -0.1) is 0 Å². The molecular formula is C28H22BrClN4O2. The zero-order valence-corrected chi connectivity index (χ0v) is 21.4. The van der Waals surface area contributed by atoms with Crippen LogP contribution in [0.25, 0.3) is 22.0 Å². The predicted octanol–water partition coefficient (Wildman–Crippen LogP) is 6.36. The molecule has 5 rings (SSSR count). The lowest BCUT2D eigenvalue weighted by Crippen LogP contribution is -2.26. The normalized spacial score (nSPS) is 11.1. The van der Waals surface area contributed by atoms with Crippen LogP contribution >= 0.6 is 27.5 Å². The van der Waals surface area contributed by atoms with E-state index in [0.717, 1.165) is 20.9 Å². The van der Waals surface area contributed by atoms with Gasteiger partial charge in [-0.2, -0.15) is 0 Å². The van der Waals surface area contributed by atoms with Crippen LogP contribution in [-0.4, -0.2) is 28.2 Å². The van der Waals surface area contributed by atoms with Crippen LogP contribution in [0, 0.1) is 0 Å². The molecule has 2 heterocycles. The van der Waals surface area contributed by atoms with E-state index >= 15 is 0 Å². The second kappa shape index (κ2) is 10.0. The number of carbonyl (C=O) groups is 2. The molecule has 0 saturated heterocycles. The third kappa shape index (κ3) is 4.67. The average molecular weight is 562 g/mol. The lowest BCUT2D eigenvalue weighted by Gasteiger charge is -2.10. The molecule has 0 spiro atoms. The molecule has 0 aliphatic carbocycles. The molecule has 6 nitrogen and oxygen atoms in total. The fraction of sp³-hybridized carbons (Fsp3) is 0.0714. The second-order valence-electron chi connectivity index (χ2n) is 8.37. The fourth-order valence-electron chi connectivity index (χ4n) is 4.31. The molecule has 2 aromatic heterocycles. The molecule has 0 unspecified atom stereocenters. The van der Waals surface area contributed by atoms with Gasteiger partial charge in [0.25, 0.3) is 5.91 Å². The van der Waals surface area contributed by atoms with Crippen LogP contribution in [0.4, 0.5) is 5.82 Å². The summed E-state index contributed by atoms with van der Waals surface area (Å²) < 4.78 is 0.880. The first-order chi connectivity index (χ1) is 17.4. The minimum absolute atomic E-state index is 0.134. The van der Waals surface area contributed by atoms with E-state index in [1.165, 1.54) is 0 Å². The molecule has 5 aromatic rings. The number of nitrogen functional groups attached to an aromatic ring is 1. The Morgan fingerprint density at radius 1 is 0.972 bits per heavy atom. The lowest BCUT2D eigenvalue weighted by molar-refractivity contribution is 0.0955. The van der Waals surface area contributed by atoms with Gasteiger partial charge in [-0.25, -0.2) is 0 Å². The number of benzene rings is 3. The number of anilines is 1. The minimum atomic E-state index is -0.350. The molecule has 8 heteroatoms. The number of aromatic nitrogens is 2. The molecule has 0 bridgehead atoms. The molecule has 1 amide bonds. The van der Waals surface area contributed by atoms with Crippen molar-refractivity contribution in [1.82, 2.24) is 15.3 Å².